The van der Waals surface area contributed by atoms with E-state index < -0.39 is 48.7 Å². The van der Waals surface area contributed by atoms with Crippen molar-refractivity contribution in [3.8, 4) is 0 Å². The van der Waals surface area contributed by atoms with E-state index in [9.17, 15) is 36.3 Å². The molecule has 228 valence electrons. The Balaban J connectivity index is 1.84. The smallest absolute Gasteiger partial charge is 0.444 e. The highest BCUT2D eigenvalue weighted by atomic mass is 79.9. The van der Waals surface area contributed by atoms with Crippen LogP contribution in [0.3, 0.4) is 0 Å². The van der Waals surface area contributed by atoms with Crippen LogP contribution >= 0.6 is 27.3 Å². The molecule has 0 aliphatic carbocycles. The zero-order valence-corrected chi connectivity index (χ0v) is 24.9. The molecule has 11 nitrogen and oxygen atoms in total. The van der Waals surface area contributed by atoms with E-state index in [1.807, 2.05) is 0 Å². The van der Waals surface area contributed by atoms with Gasteiger partial charge in [0.15, 0.2) is 15.4 Å². The van der Waals surface area contributed by atoms with Crippen molar-refractivity contribution in [3.63, 3.8) is 0 Å². The largest absolute Gasteiger partial charge is 0.471 e. The lowest BCUT2D eigenvalue weighted by Crippen LogP contribution is -2.45. The number of hydrogen-bond donors (Lipinski definition) is 2. The Labute approximate surface area is 244 Å². The van der Waals surface area contributed by atoms with Gasteiger partial charge in [-0.15, -0.1) is 0 Å². The first-order valence-electron chi connectivity index (χ1n) is 12.4. The monoisotopic (exact) mass is 673 g/mol. The number of carbonyl (C=O) groups is 3. The second-order valence-electron chi connectivity index (χ2n) is 10.2. The maximum absolute atomic E-state index is 13.4. The lowest BCUT2D eigenvalue weighted by Gasteiger charge is -2.28. The van der Waals surface area contributed by atoms with Gasteiger partial charge in [-0.3, -0.25) is 14.9 Å². The van der Waals surface area contributed by atoms with Gasteiger partial charge >= 0.3 is 18.2 Å². The molecule has 18 heteroatoms. The van der Waals surface area contributed by atoms with Crippen LogP contribution in [0.5, 0.6) is 0 Å². The third-order valence-electron chi connectivity index (χ3n) is 5.91. The molecule has 2 aromatic rings. The van der Waals surface area contributed by atoms with Crippen LogP contribution in [0.25, 0.3) is 0 Å². The van der Waals surface area contributed by atoms with Gasteiger partial charge in [-0.25, -0.2) is 23.2 Å². The predicted octanol–water partition coefficient (Wildman–Crippen LogP) is 5.35. The summed E-state index contributed by atoms with van der Waals surface area (Å²) in [5.74, 6) is -2.61. The van der Waals surface area contributed by atoms with Gasteiger partial charge in [0, 0.05) is 26.2 Å². The summed E-state index contributed by atoms with van der Waals surface area (Å²) in [5, 5.41) is 9.12. The molecule has 3 amide bonds. The molecule has 1 aliphatic rings. The highest BCUT2D eigenvalue weighted by Crippen LogP contribution is 2.33. The van der Waals surface area contributed by atoms with Gasteiger partial charge in [0.25, 0.3) is 12.3 Å². The molecule has 41 heavy (non-hydrogen) atoms. The van der Waals surface area contributed by atoms with E-state index in [2.05, 4.69) is 36.6 Å². The van der Waals surface area contributed by atoms with Crippen LogP contribution < -0.4 is 15.5 Å². The SMILES string of the molecule is CN(C(=O)C(F)(F)F)[C@H]1CCCN(c2c(NC(=O)c3nc(Br)sc3NC(=O)OC(C)(C)C)cnn2CC(F)F)CC1. The van der Waals surface area contributed by atoms with Gasteiger partial charge in [0.05, 0.1) is 6.20 Å². The second kappa shape index (κ2) is 12.9. The molecule has 0 spiro atoms. The number of aromatic nitrogens is 3. The molecule has 1 atom stereocenters. The Hall–Kier alpha value is -3.02. The van der Waals surface area contributed by atoms with Crippen LogP contribution in [0.2, 0.25) is 0 Å². The van der Waals surface area contributed by atoms with E-state index in [0.717, 1.165) is 23.1 Å². The molecule has 1 aliphatic heterocycles. The Bertz CT molecular complexity index is 1260. The Kier molecular flexibility index (Phi) is 10.2. The molecule has 3 rings (SSSR count). The number of amides is 3. The highest BCUT2D eigenvalue weighted by molar-refractivity contribution is 9.11. The molecule has 1 fully saturated rings. The molecular weight excluding hydrogens is 645 g/mol. The Morgan fingerprint density at radius 1 is 1.20 bits per heavy atom. The molecule has 1 saturated heterocycles. The number of thiazole rings is 1. The van der Waals surface area contributed by atoms with E-state index in [-0.39, 0.29) is 52.0 Å². The van der Waals surface area contributed by atoms with Crippen molar-refractivity contribution in [2.45, 2.75) is 70.8 Å². The number of halogens is 6. The van der Waals surface area contributed by atoms with Crippen molar-refractivity contribution in [3.05, 3.63) is 15.8 Å². The number of carbonyl (C=O) groups excluding carboxylic acids is 3. The number of anilines is 3. The summed E-state index contributed by atoms with van der Waals surface area (Å²) in [7, 11) is 1.08. The van der Waals surface area contributed by atoms with Crippen molar-refractivity contribution < 1.29 is 41.1 Å². The van der Waals surface area contributed by atoms with Crippen LogP contribution in [0, 0.1) is 0 Å². The predicted molar refractivity (Wildman–Crippen MR) is 145 cm³/mol. The molecule has 0 aromatic carbocycles. The maximum atomic E-state index is 13.4. The molecule has 0 saturated carbocycles. The first-order valence-corrected chi connectivity index (χ1v) is 14.0. The maximum Gasteiger partial charge on any atom is 0.471 e. The first-order chi connectivity index (χ1) is 19.0. The molecule has 2 aromatic heterocycles. The van der Waals surface area contributed by atoms with E-state index >= 15 is 0 Å². The van der Waals surface area contributed by atoms with Gasteiger partial charge in [-0.1, -0.05) is 11.3 Å². The van der Waals surface area contributed by atoms with E-state index in [1.54, 1.807) is 25.7 Å². The van der Waals surface area contributed by atoms with Gasteiger partial charge in [-0.05, 0) is 56.0 Å². The van der Waals surface area contributed by atoms with Crippen LogP contribution in [0.1, 0.15) is 50.5 Å². The minimum Gasteiger partial charge on any atom is -0.444 e. The summed E-state index contributed by atoms with van der Waals surface area (Å²) in [6, 6.07) is -0.729. The van der Waals surface area contributed by atoms with Crippen LogP contribution in [0.4, 0.5) is 43.3 Å². The number of nitrogens with zero attached hydrogens (tertiary/aromatic N) is 5. The van der Waals surface area contributed by atoms with Gasteiger partial charge in [-0.2, -0.15) is 18.3 Å². The third kappa shape index (κ3) is 8.73. The Morgan fingerprint density at radius 2 is 1.88 bits per heavy atom. The van der Waals surface area contributed by atoms with E-state index in [4.69, 9.17) is 4.74 Å². The molecular formula is C23H29BrF5N7O4S. The molecule has 0 bridgehead atoms. The molecule has 2 N–H and O–H groups in total. The van der Waals surface area contributed by atoms with Crippen molar-refractivity contribution in [1.29, 1.82) is 0 Å². The van der Waals surface area contributed by atoms with Gasteiger partial charge in [0.1, 0.15) is 22.8 Å². The summed E-state index contributed by atoms with van der Waals surface area (Å²) in [6.45, 7) is 4.54. The zero-order chi connectivity index (χ0) is 30.7. The third-order valence-corrected chi connectivity index (χ3v) is 7.33. The fraction of sp³-hybridized carbons (Fsp3) is 0.609. The minimum absolute atomic E-state index is 0.0566. The van der Waals surface area contributed by atoms with Gasteiger partial charge < -0.3 is 19.9 Å². The van der Waals surface area contributed by atoms with Crippen LogP contribution in [-0.2, 0) is 16.1 Å². The van der Waals surface area contributed by atoms with Crippen molar-refractivity contribution in [1.82, 2.24) is 19.7 Å². The quantitative estimate of drug-likeness (QED) is 0.380. The lowest BCUT2D eigenvalue weighted by molar-refractivity contribution is -0.186. The fourth-order valence-electron chi connectivity index (χ4n) is 4.22. The first kappa shape index (κ1) is 32.5. The fourth-order valence-corrected chi connectivity index (χ4v) is 5.56. The molecule has 0 radical (unpaired) electrons. The van der Waals surface area contributed by atoms with Crippen LogP contribution in [0.15, 0.2) is 10.1 Å². The zero-order valence-electron chi connectivity index (χ0n) is 22.5. The van der Waals surface area contributed by atoms with Crippen molar-refractivity contribution in [2.75, 3.05) is 35.7 Å². The minimum atomic E-state index is -5.02. The summed E-state index contributed by atoms with van der Waals surface area (Å²) in [6.07, 6.45) is -6.72. The number of rotatable bonds is 7. The van der Waals surface area contributed by atoms with Crippen molar-refractivity contribution >= 4 is 61.7 Å². The van der Waals surface area contributed by atoms with E-state index in [1.165, 1.54) is 6.20 Å². The molecule has 0 unspecified atom stereocenters. The Morgan fingerprint density at radius 3 is 2.49 bits per heavy atom. The average Bonchev–Trinajstić information content (AvgIpc) is 3.28. The summed E-state index contributed by atoms with van der Waals surface area (Å²) < 4.78 is 72.1. The number of hydrogen-bond acceptors (Lipinski definition) is 8. The number of nitrogens with one attached hydrogen (secondary N) is 2. The van der Waals surface area contributed by atoms with Crippen molar-refractivity contribution in [2.24, 2.45) is 0 Å². The normalized spacial score (nSPS) is 16.4. The second-order valence-corrected chi connectivity index (χ2v) is 12.4. The number of alkyl halides is 5. The summed E-state index contributed by atoms with van der Waals surface area (Å²) in [5.41, 5.74) is -0.923. The van der Waals surface area contributed by atoms with Gasteiger partial charge in [0.2, 0.25) is 0 Å². The summed E-state index contributed by atoms with van der Waals surface area (Å²) in [4.78, 5) is 43.6. The van der Waals surface area contributed by atoms with E-state index in [0.29, 0.717) is 11.3 Å². The number of ether oxygens (including phenoxy) is 1. The van der Waals surface area contributed by atoms with Crippen LogP contribution in [-0.4, -0.2) is 82.0 Å². The summed E-state index contributed by atoms with van der Waals surface area (Å²) >= 11 is 4.13. The average molecular weight is 674 g/mol. The lowest BCUT2D eigenvalue weighted by atomic mass is 10.1. The highest BCUT2D eigenvalue weighted by Gasteiger charge is 2.43. The topological polar surface area (TPSA) is 122 Å². The standard InChI is InChI=1S/C23H29BrF5N7O4S/c1-22(2,3)40-21(39)33-17-15(32-20(24)41-17)16(37)31-13-10-30-36(11-14(25)26)18(13)35-8-5-6-12(7-9-35)34(4)19(38)23(27,28)29/h10,12,14H,5-9,11H2,1-4H3,(H,31,37)(H,33,39)/t12-/m0/s1. The molecule has 3 heterocycles.